The van der Waals surface area contributed by atoms with Crippen molar-refractivity contribution in [2.24, 2.45) is 5.92 Å². The quantitative estimate of drug-likeness (QED) is 0.405. The lowest BCUT2D eigenvalue weighted by Gasteiger charge is -2.09. The van der Waals surface area contributed by atoms with Crippen molar-refractivity contribution in [2.75, 3.05) is 42.4 Å². The molecule has 0 radical (unpaired) electrons. The predicted octanol–water partition coefficient (Wildman–Crippen LogP) is 2.49. The first-order valence-electron chi connectivity index (χ1n) is 6.42. The van der Waals surface area contributed by atoms with Crippen molar-refractivity contribution in [2.45, 2.75) is 25.7 Å². The number of aliphatic hydroxyl groups excluding tert-OH is 2. The summed E-state index contributed by atoms with van der Waals surface area (Å²) in [5.74, 6) is 5.08. The molecular formula is C12H27O2PS2. The van der Waals surface area contributed by atoms with E-state index < -0.39 is 0 Å². The second-order valence-electron chi connectivity index (χ2n) is 4.09. The molecule has 0 bridgehead atoms. The van der Waals surface area contributed by atoms with E-state index in [-0.39, 0.29) is 19.1 Å². The lowest BCUT2D eigenvalue weighted by Crippen LogP contribution is -2.10. The minimum absolute atomic E-state index is 0.0954. The van der Waals surface area contributed by atoms with Crippen LogP contribution in [0.3, 0.4) is 0 Å². The van der Waals surface area contributed by atoms with Crippen LogP contribution >= 0.6 is 32.8 Å². The molecule has 2 N–H and O–H groups in total. The van der Waals surface area contributed by atoms with E-state index >= 15 is 0 Å². The molecule has 0 fully saturated rings. The van der Waals surface area contributed by atoms with E-state index in [1.807, 2.05) is 11.8 Å². The topological polar surface area (TPSA) is 40.5 Å². The summed E-state index contributed by atoms with van der Waals surface area (Å²) in [4.78, 5) is 0. The Balaban J connectivity index is 3.03. The first-order valence-corrected chi connectivity index (χ1v) is 9.55. The van der Waals surface area contributed by atoms with Crippen LogP contribution in [0.4, 0.5) is 0 Å². The molecule has 2 nitrogen and oxygen atoms in total. The molecular weight excluding hydrogens is 271 g/mol. The molecule has 0 saturated carbocycles. The molecule has 0 aromatic carbocycles. The number of thioether (sulfide) groups is 2. The highest BCUT2D eigenvalue weighted by Crippen LogP contribution is 2.13. The van der Waals surface area contributed by atoms with E-state index in [0.29, 0.717) is 0 Å². The van der Waals surface area contributed by atoms with Crippen LogP contribution in [0.1, 0.15) is 25.7 Å². The highest BCUT2D eigenvalue weighted by molar-refractivity contribution is 8.00. The van der Waals surface area contributed by atoms with Gasteiger partial charge in [0.05, 0.1) is 0 Å². The van der Waals surface area contributed by atoms with Gasteiger partial charge >= 0.3 is 0 Å². The Hall–Kier alpha value is 1.05. The highest BCUT2D eigenvalue weighted by atomic mass is 32.2. The minimum atomic E-state index is 0.0954. The molecule has 0 rings (SSSR count). The van der Waals surface area contributed by atoms with Crippen LogP contribution in [0, 0.1) is 5.92 Å². The predicted molar refractivity (Wildman–Crippen MR) is 85.4 cm³/mol. The largest absolute Gasteiger partial charge is 0.396 e. The molecule has 0 aliphatic heterocycles. The van der Waals surface area contributed by atoms with Gasteiger partial charge in [0.15, 0.2) is 0 Å². The number of aliphatic hydroxyl groups is 2. The maximum atomic E-state index is 8.90. The summed E-state index contributed by atoms with van der Waals surface area (Å²) < 4.78 is 0. The Bertz CT molecular complexity index is 146. The molecule has 0 heterocycles. The average molecular weight is 298 g/mol. The van der Waals surface area contributed by atoms with Crippen LogP contribution in [0.15, 0.2) is 0 Å². The Kier molecular flexibility index (Phi) is 16.0. The summed E-state index contributed by atoms with van der Waals surface area (Å²) in [6.07, 6.45) is 5.89. The summed E-state index contributed by atoms with van der Waals surface area (Å²) in [6, 6.07) is 0. The van der Waals surface area contributed by atoms with Gasteiger partial charge < -0.3 is 10.2 Å². The molecule has 17 heavy (non-hydrogen) atoms. The molecule has 0 aromatic rings. The maximum absolute atomic E-state index is 8.90. The van der Waals surface area contributed by atoms with Gasteiger partial charge in [-0.3, -0.25) is 0 Å². The van der Waals surface area contributed by atoms with E-state index in [1.165, 1.54) is 36.3 Å². The Labute approximate surface area is 117 Å². The fraction of sp³-hybridized carbons (Fsp3) is 1.00. The van der Waals surface area contributed by atoms with Crippen molar-refractivity contribution in [3.63, 3.8) is 0 Å². The maximum Gasteiger partial charge on any atom is 0.0481 e. The number of hydrogen-bond acceptors (Lipinski definition) is 4. The zero-order chi connectivity index (χ0) is 12.8. The second kappa shape index (κ2) is 15.1. The van der Waals surface area contributed by atoms with Gasteiger partial charge in [-0.1, -0.05) is 0 Å². The first-order chi connectivity index (χ1) is 8.35. The van der Waals surface area contributed by atoms with Crippen LogP contribution in [0.25, 0.3) is 0 Å². The molecule has 0 saturated heterocycles. The van der Waals surface area contributed by atoms with Gasteiger partial charge in [-0.15, -0.1) is 9.24 Å². The molecule has 0 aromatic heterocycles. The molecule has 0 aliphatic carbocycles. The van der Waals surface area contributed by atoms with Gasteiger partial charge in [0.2, 0.25) is 0 Å². The lowest BCUT2D eigenvalue weighted by atomic mass is 10.1. The van der Waals surface area contributed by atoms with E-state index in [0.717, 1.165) is 18.6 Å². The fourth-order valence-electron chi connectivity index (χ4n) is 1.37. The van der Waals surface area contributed by atoms with Crippen LogP contribution in [-0.2, 0) is 0 Å². The Morgan fingerprint density at radius 3 is 1.88 bits per heavy atom. The van der Waals surface area contributed by atoms with Crippen LogP contribution < -0.4 is 0 Å². The number of hydrogen-bond donors (Lipinski definition) is 2. The van der Waals surface area contributed by atoms with E-state index in [1.54, 1.807) is 0 Å². The molecule has 5 heteroatoms. The first kappa shape index (κ1) is 18.0. The third kappa shape index (κ3) is 13.3. The van der Waals surface area contributed by atoms with Gasteiger partial charge in [0.25, 0.3) is 0 Å². The highest BCUT2D eigenvalue weighted by Gasteiger charge is 2.04. The van der Waals surface area contributed by atoms with Crippen LogP contribution in [0.2, 0.25) is 0 Å². The Morgan fingerprint density at radius 1 is 0.824 bits per heavy atom. The van der Waals surface area contributed by atoms with Crippen molar-refractivity contribution in [1.29, 1.82) is 0 Å². The van der Waals surface area contributed by atoms with Crippen LogP contribution in [-0.4, -0.2) is 52.6 Å². The van der Waals surface area contributed by atoms with Gasteiger partial charge in [-0.05, 0) is 54.9 Å². The molecule has 1 unspecified atom stereocenters. The third-order valence-corrected chi connectivity index (χ3v) is 5.21. The summed E-state index contributed by atoms with van der Waals surface area (Å²) in [5.41, 5.74) is 0. The summed E-state index contributed by atoms with van der Waals surface area (Å²) >= 11 is 4.06. The average Bonchev–Trinajstić information content (AvgIpc) is 2.36. The van der Waals surface area contributed by atoms with E-state index in [4.69, 9.17) is 10.2 Å². The smallest absolute Gasteiger partial charge is 0.0481 e. The molecule has 1 atom stereocenters. The van der Waals surface area contributed by atoms with Crippen molar-refractivity contribution >= 4 is 32.8 Å². The molecule has 104 valence electrons. The zero-order valence-electron chi connectivity index (χ0n) is 10.6. The zero-order valence-corrected chi connectivity index (χ0v) is 13.4. The van der Waals surface area contributed by atoms with Gasteiger partial charge in [0.1, 0.15) is 0 Å². The molecule has 0 spiro atoms. The third-order valence-electron chi connectivity index (χ3n) is 2.49. The monoisotopic (exact) mass is 298 g/mol. The summed E-state index contributed by atoms with van der Waals surface area (Å²) in [7, 11) is 2.77. The van der Waals surface area contributed by atoms with Gasteiger partial charge in [-0.2, -0.15) is 23.5 Å². The molecule has 0 amide bonds. The van der Waals surface area contributed by atoms with Crippen molar-refractivity contribution < 1.29 is 10.2 Å². The van der Waals surface area contributed by atoms with Gasteiger partial charge in [0, 0.05) is 19.1 Å². The summed E-state index contributed by atoms with van der Waals surface area (Å²) in [5, 5.41) is 17.8. The Morgan fingerprint density at radius 2 is 1.35 bits per heavy atom. The van der Waals surface area contributed by atoms with E-state index in [2.05, 4.69) is 21.0 Å². The van der Waals surface area contributed by atoms with Gasteiger partial charge in [-0.25, -0.2) is 0 Å². The lowest BCUT2D eigenvalue weighted by molar-refractivity contribution is 0.143. The second-order valence-corrected chi connectivity index (χ2v) is 7.12. The summed E-state index contributed by atoms with van der Waals surface area (Å²) in [6.45, 7) is 0.237. The van der Waals surface area contributed by atoms with Crippen molar-refractivity contribution in [3.05, 3.63) is 0 Å². The fourth-order valence-corrected chi connectivity index (χ4v) is 3.90. The van der Waals surface area contributed by atoms with E-state index in [9.17, 15) is 0 Å². The minimum Gasteiger partial charge on any atom is -0.396 e. The van der Waals surface area contributed by atoms with Crippen molar-refractivity contribution in [3.8, 4) is 0 Å². The SMILES string of the molecule is OCC(CO)CCCSCCCSCCCP. The normalized spacial score (nSPS) is 11.3. The van der Waals surface area contributed by atoms with Crippen molar-refractivity contribution in [1.82, 2.24) is 0 Å². The number of rotatable bonds is 13. The van der Waals surface area contributed by atoms with Crippen LogP contribution in [0.5, 0.6) is 0 Å². The standard InChI is InChI=1S/C12H27O2PS2/c13-10-12(11-14)4-1-6-16-8-3-9-17-7-2-5-15/h12-14H,1-11,15H2. The molecule has 0 aliphatic rings.